The summed E-state index contributed by atoms with van der Waals surface area (Å²) in [7, 11) is -0.214. The average molecular weight is 473 g/mol. The fourth-order valence-electron chi connectivity index (χ4n) is 3.41. The number of thiazole rings is 1. The number of hydrogen-bond donors (Lipinski definition) is 1. The second-order valence-corrected chi connectivity index (χ2v) is 10.1. The third-order valence-corrected chi connectivity index (χ3v) is 7.33. The van der Waals surface area contributed by atoms with E-state index in [0.29, 0.717) is 23.0 Å². The van der Waals surface area contributed by atoms with Gasteiger partial charge in [0.25, 0.3) is 15.9 Å². The van der Waals surface area contributed by atoms with Crippen LogP contribution in [0.3, 0.4) is 0 Å². The SMILES string of the molecule is CN1CCCCC/C1=N\S(=O)(=O)c1cccc(NC(=O)c2csc(-c3cnn(C)c3)n2)c1. The van der Waals surface area contributed by atoms with Crippen LogP contribution < -0.4 is 5.32 Å². The van der Waals surface area contributed by atoms with Crippen molar-refractivity contribution in [3.63, 3.8) is 0 Å². The van der Waals surface area contributed by atoms with Gasteiger partial charge in [0.05, 0.1) is 11.1 Å². The molecule has 11 heteroatoms. The Morgan fingerprint density at radius 2 is 2.06 bits per heavy atom. The number of sulfonamides is 1. The fourth-order valence-corrected chi connectivity index (χ4v) is 5.32. The maximum atomic E-state index is 12.9. The van der Waals surface area contributed by atoms with Gasteiger partial charge in [0.2, 0.25) is 0 Å². The average Bonchev–Trinajstić information content (AvgIpc) is 3.37. The molecular weight excluding hydrogens is 448 g/mol. The first-order chi connectivity index (χ1) is 15.3. The summed E-state index contributed by atoms with van der Waals surface area (Å²) in [5, 5.41) is 9.18. The lowest BCUT2D eigenvalue weighted by molar-refractivity contribution is 0.102. The lowest BCUT2D eigenvalue weighted by Gasteiger charge is -2.17. The van der Waals surface area contributed by atoms with E-state index in [0.717, 1.165) is 31.4 Å². The number of rotatable bonds is 5. The second kappa shape index (κ2) is 9.21. The Morgan fingerprint density at radius 3 is 2.84 bits per heavy atom. The predicted octanol–water partition coefficient (Wildman–Crippen LogP) is 3.39. The van der Waals surface area contributed by atoms with Crippen LogP contribution in [0.1, 0.15) is 36.2 Å². The zero-order valence-corrected chi connectivity index (χ0v) is 19.5. The monoisotopic (exact) mass is 472 g/mol. The van der Waals surface area contributed by atoms with Crippen molar-refractivity contribution in [2.45, 2.75) is 30.6 Å². The molecule has 0 bridgehead atoms. The van der Waals surface area contributed by atoms with Crippen LogP contribution in [0.4, 0.5) is 5.69 Å². The van der Waals surface area contributed by atoms with Gasteiger partial charge in [0.15, 0.2) is 0 Å². The number of aryl methyl sites for hydroxylation is 1. The number of anilines is 1. The van der Waals surface area contributed by atoms with E-state index in [4.69, 9.17) is 0 Å². The van der Waals surface area contributed by atoms with Gasteiger partial charge in [0.1, 0.15) is 16.5 Å². The predicted molar refractivity (Wildman–Crippen MR) is 124 cm³/mol. The van der Waals surface area contributed by atoms with Crippen LogP contribution in [0.15, 0.2) is 51.3 Å². The number of hydrogen-bond acceptors (Lipinski definition) is 6. The standard InChI is InChI=1S/C21H24N6O3S2/c1-26-10-5-3-4-9-19(26)25-32(29,30)17-8-6-7-16(11-17)23-20(28)18-14-31-21(24-18)15-12-22-27(2)13-15/h6-8,11-14H,3-5,9-10H2,1-2H3,(H,23,28)/b25-19+. The molecule has 168 valence electrons. The van der Waals surface area contributed by atoms with E-state index in [1.807, 2.05) is 25.2 Å². The molecule has 0 radical (unpaired) electrons. The van der Waals surface area contributed by atoms with Crippen molar-refractivity contribution in [3.05, 3.63) is 47.7 Å². The van der Waals surface area contributed by atoms with E-state index in [1.165, 1.54) is 23.5 Å². The van der Waals surface area contributed by atoms with E-state index in [-0.39, 0.29) is 10.6 Å². The number of carbonyl (C=O) groups is 1. The van der Waals surface area contributed by atoms with Gasteiger partial charge >= 0.3 is 0 Å². The lowest BCUT2D eigenvalue weighted by Crippen LogP contribution is -2.26. The highest BCUT2D eigenvalue weighted by Crippen LogP contribution is 2.24. The van der Waals surface area contributed by atoms with Gasteiger partial charge in [-0.2, -0.15) is 13.5 Å². The molecule has 1 amide bonds. The minimum absolute atomic E-state index is 0.0368. The van der Waals surface area contributed by atoms with E-state index < -0.39 is 15.9 Å². The number of benzene rings is 1. The quantitative estimate of drug-likeness (QED) is 0.610. The Labute approximate surface area is 190 Å². The van der Waals surface area contributed by atoms with Crippen LogP contribution in [0.25, 0.3) is 10.6 Å². The van der Waals surface area contributed by atoms with Crippen LogP contribution >= 0.6 is 11.3 Å². The fraction of sp³-hybridized carbons (Fsp3) is 0.333. The van der Waals surface area contributed by atoms with E-state index in [2.05, 4.69) is 19.8 Å². The molecule has 1 fully saturated rings. The minimum atomic E-state index is -3.89. The molecule has 3 aromatic rings. The molecule has 0 aliphatic carbocycles. The molecule has 0 spiro atoms. The Morgan fingerprint density at radius 1 is 1.22 bits per heavy atom. The topological polar surface area (TPSA) is 110 Å². The molecule has 1 saturated heterocycles. The van der Waals surface area contributed by atoms with E-state index >= 15 is 0 Å². The highest BCUT2D eigenvalue weighted by molar-refractivity contribution is 7.90. The van der Waals surface area contributed by atoms with Gasteiger partial charge < -0.3 is 10.2 Å². The van der Waals surface area contributed by atoms with Crippen molar-refractivity contribution in [1.29, 1.82) is 0 Å². The molecule has 1 aromatic carbocycles. The summed E-state index contributed by atoms with van der Waals surface area (Å²) < 4.78 is 31.5. The molecule has 3 heterocycles. The summed E-state index contributed by atoms with van der Waals surface area (Å²) in [4.78, 5) is 19.0. The van der Waals surface area contributed by atoms with Crippen LogP contribution in [0, 0.1) is 0 Å². The first-order valence-corrected chi connectivity index (χ1v) is 12.5. The number of amidine groups is 1. The number of nitrogens with one attached hydrogen (secondary N) is 1. The molecular formula is C21H24N6O3S2. The maximum absolute atomic E-state index is 12.9. The highest BCUT2D eigenvalue weighted by Gasteiger charge is 2.19. The molecule has 1 aliphatic rings. The number of likely N-dealkylation sites (tertiary alicyclic amines) is 1. The van der Waals surface area contributed by atoms with Crippen LogP contribution in [0.5, 0.6) is 0 Å². The molecule has 2 aromatic heterocycles. The van der Waals surface area contributed by atoms with Crippen molar-refractivity contribution < 1.29 is 13.2 Å². The van der Waals surface area contributed by atoms with Gasteiger partial charge in [-0.25, -0.2) is 4.98 Å². The van der Waals surface area contributed by atoms with E-state index in [9.17, 15) is 13.2 Å². The Bertz CT molecular complexity index is 1260. The van der Waals surface area contributed by atoms with Crippen molar-refractivity contribution in [2.24, 2.45) is 11.4 Å². The van der Waals surface area contributed by atoms with Gasteiger partial charge in [0, 0.05) is 49.9 Å². The third kappa shape index (κ3) is 5.05. The van der Waals surface area contributed by atoms with Crippen molar-refractivity contribution >= 4 is 38.8 Å². The largest absolute Gasteiger partial charge is 0.362 e. The molecule has 4 rings (SSSR count). The number of nitrogens with zero attached hydrogens (tertiary/aromatic N) is 5. The number of carbonyl (C=O) groups excluding carboxylic acids is 1. The first-order valence-electron chi connectivity index (χ1n) is 10.2. The maximum Gasteiger partial charge on any atom is 0.284 e. The molecule has 0 saturated carbocycles. The zero-order chi connectivity index (χ0) is 22.7. The van der Waals surface area contributed by atoms with Crippen molar-refractivity contribution in [3.8, 4) is 10.6 Å². The van der Waals surface area contributed by atoms with Crippen LogP contribution in [0.2, 0.25) is 0 Å². The number of amides is 1. The lowest BCUT2D eigenvalue weighted by atomic mass is 10.2. The van der Waals surface area contributed by atoms with Crippen LogP contribution in [-0.2, 0) is 17.1 Å². The molecule has 32 heavy (non-hydrogen) atoms. The molecule has 9 nitrogen and oxygen atoms in total. The van der Waals surface area contributed by atoms with Crippen molar-refractivity contribution in [1.82, 2.24) is 19.7 Å². The van der Waals surface area contributed by atoms with Gasteiger partial charge in [-0.1, -0.05) is 12.5 Å². The zero-order valence-electron chi connectivity index (χ0n) is 17.9. The highest BCUT2D eigenvalue weighted by atomic mass is 32.2. The molecule has 0 unspecified atom stereocenters. The smallest absolute Gasteiger partial charge is 0.284 e. The minimum Gasteiger partial charge on any atom is -0.362 e. The van der Waals surface area contributed by atoms with Gasteiger partial charge in [-0.3, -0.25) is 9.48 Å². The summed E-state index contributed by atoms with van der Waals surface area (Å²) >= 11 is 1.34. The Kier molecular flexibility index (Phi) is 6.38. The summed E-state index contributed by atoms with van der Waals surface area (Å²) in [6.07, 6.45) is 7.14. The summed E-state index contributed by atoms with van der Waals surface area (Å²) in [5.41, 5.74) is 1.44. The molecule has 1 aliphatic heterocycles. The number of aromatic nitrogens is 3. The summed E-state index contributed by atoms with van der Waals surface area (Å²) in [5.74, 6) is 0.156. The van der Waals surface area contributed by atoms with E-state index in [1.54, 1.807) is 28.4 Å². The molecule has 0 atom stereocenters. The first kappa shape index (κ1) is 22.2. The van der Waals surface area contributed by atoms with Crippen LogP contribution in [-0.4, -0.2) is 53.4 Å². The molecule has 1 N–H and O–H groups in total. The summed E-state index contributed by atoms with van der Waals surface area (Å²) in [6, 6.07) is 6.12. The Hall–Kier alpha value is -3.05. The van der Waals surface area contributed by atoms with Gasteiger partial charge in [-0.15, -0.1) is 15.7 Å². The normalized spacial score (nSPS) is 16.2. The van der Waals surface area contributed by atoms with Gasteiger partial charge in [-0.05, 0) is 31.0 Å². The second-order valence-electron chi connectivity index (χ2n) is 7.64. The summed E-state index contributed by atoms with van der Waals surface area (Å²) in [6.45, 7) is 0.791. The Balaban J connectivity index is 1.51. The van der Waals surface area contributed by atoms with Crippen molar-refractivity contribution in [2.75, 3.05) is 18.9 Å². The third-order valence-electron chi connectivity index (χ3n) is 5.14.